The van der Waals surface area contributed by atoms with Crippen LogP contribution in [0.25, 0.3) is 0 Å². The number of halogens is 2. The number of rotatable bonds is 5. The fourth-order valence-electron chi connectivity index (χ4n) is 1.53. The Morgan fingerprint density at radius 2 is 2.00 bits per heavy atom. The summed E-state index contributed by atoms with van der Waals surface area (Å²) in [4.78, 5) is 3.88. The average molecular weight is 326 g/mol. The van der Waals surface area contributed by atoms with Gasteiger partial charge in [0.05, 0.1) is 6.61 Å². The van der Waals surface area contributed by atoms with Crippen LogP contribution in [0.15, 0.2) is 41.0 Å². The third-order valence-corrected chi connectivity index (χ3v) is 2.94. The average Bonchev–Trinajstić information content (AvgIpc) is 2.41. The van der Waals surface area contributed by atoms with E-state index in [0.29, 0.717) is 16.8 Å². The minimum Gasteiger partial charge on any atom is -0.436 e. The van der Waals surface area contributed by atoms with Crippen molar-refractivity contribution in [3.05, 3.63) is 52.4 Å². The Morgan fingerprint density at radius 1 is 1.26 bits per heavy atom. The molecule has 0 saturated carbocycles. The van der Waals surface area contributed by atoms with Crippen molar-refractivity contribution in [2.45, 2.75) is 6.42 Å². The summed E-state index contributed by atoms with van der Waals surface area (Å²) in [5.41, 5.74) is 1.14. The van der Waals surface area contributed by atoms with E-state index in [2.05, 4.69) is 20.9 Å². The fourth-order valence-corrected chi connectivity index (χ4v) is 1.84. The van der Waals surface area contributed by atoms with Gasteiger partial charge in [0.1, 0.15) is 5.75 Å². The lowest BCUT2D eigenvalue weighted by atomic mass is 10.1. The molecule has 19 heavy (non-hydrogen) atoms. The maximum absolute atomic E-state index is 13.5. The van der Waals surface area contributed by atoms with Crippen LogP contribution in [0.2, 0.25) is 0 Å². The summed E-state index contributed by atoms with van der Waals surface area (Å²) >= 11 is 3.15. The van der Waals surface area contributed by atoms with Gasteiger partial charge in [-0.1, -0.05) is 12.1 Å². The smallest absolute Gasteiger partial charge is 0.255 e. The summed E-state index contributed by atoms with van der Waals surface area (Å²) in [6.45, 7) is 0.670. The van der Waals surface area contributed by atoms with E-state index in [1.807, 2.05) is 12.1 Å². The Balaban J connectivity index is 2.06. The van der Waals surface area contributed by atoms with Gasteiger partial charge >= 0.3 is 0 Å². The first-order valence-electron chi connectivity index (χ1n) is 5.76. The van der Waals surface area contributed by atoms with E-state index in [1.54, 1.807) is 19.2 Å². The number of nitrogens with zero attached hydrogens (tertiary/aromatic N) is 1. The number of pyridine rings is 1. The van der Waals surface area contributed by atoms with Crippen LogP contribution >= 0.6 is 15.9 Å². The quantitative estimate of drug-likeness (QED) is 0.833. The number of benzene rings is 1. The summed E-state index contributed by atoms with van der Waals surface area (Å²) in [5, 5.41) is 0. The molecule has 0 saturated heterocycles. The van der Waals surface area contributed by atoms with Crippen LogP contribution in [0.4, 0.5) is 4.39 Å². The molecule has 0 spiro atoms. The SMILES string of the molecule is COCCc1ccc(Oc2ncc(Br)cc2F)cc1. The summed E-state index contributed by atoms with van der Waals surface area (Å²) in [6, 6.07) is 8.73. The fraction of sp³-hybridized carbons (Fsp3) is 0.214. The second-order valence-corrected chi connectivity index (χ2v) is 4.84. The Kier molecular flexibility index (Phi) is 4.87. The summed E-state index contributed by atoms with van der Waals surface area (Å²) in [6.07, 6.45) is 2.33. The Morgan fingerprint density at radius 3 is 2.63 bits per heavy atom. The van der Waals surface area contributed by atoms with E-state index in [4.69, 9.17) is 9.47 Å². The minimum absolute atomic E-state index is 0.0344. The molecular weight excluding hydrogens is 313 g/mol. The second kappa shape index (κ2) is 6.63. The van der Waals surface area contributed by atoms with Gasteiger partial charge in [0.15, 0.2) is 5.82 Å². The standard InChI is InChI=1S/C14H13BrFNO2/c1-18-7-6-10-2-4-12(5-3-10)19-14-13(16)8-11(15)9-17-14/h2-5,8-9H,6-7H2,1H3. The predicted molar refractivity (Wildman–Crippen MR) is 74.0 cm³/mol. The lowest BCUT2D eigenvalue weighted by molar-refractivity contribution is 0.202. The zero-order valence-electron chi connectivity index (χ0n) is 10.4. The largest absolute Gasteiger partial charge is 0.436 e. The van der Waals surface area contributed by atoms with Crippen LogP contribution in [-0.2, 0) is 11.2 Å². The van der Waals surface area contributed by atoms with Crippen LogP contribution in [0.1, 0.15) is 5.56 Å². The van der Waals surface area contributed by atoms with Gasteiger partial charge in [0.2, 0.25) is 0 Å². The molecule has 1 aromatic heterocycles. The summed E-state index contributed by atoms with van der Waals surface area (Å²) in [7, 11) is 1.67. The predicted octanol–water partition coefficient (Wildman–Crippen LogP) is 3.96. The summed E-state index contributed by atoms with van der Waals surface area (Å²) < 4.78 is 24.5. The van der Waals surface area contributed by atoms with Crippen molar-refractivity contribution in [3.63, 3.8) is 0 Å². The highest BCUT2D eigenvalue weighted by molar-refractivity contribution is 9.10. The number of hydrogen-bond donors (Lipinski definition) is 0. The van der Waals surface area contributed by atoms with E-state index in [0.717, 1.165) is 12.0 Å². The highest BCUT2D eigenvalue weighted by Crippen LogP contribution is 2.24. The first kappa shape index (κ1) is 14.0. The van der Waals surface area contributed by atoms with E-state index < -0.39 is 5.82 Å². The van der Waals surface area contributed by atoms with Gasteiger partial charge in [0, 0.05) is 17.8 Å². The summed E-state index contributed by atoms with van der Waals surface area (Å²) in [5.74, 6) is 0.0144. The molecule has 5 heteroatoms. The van der Waals surface area contributed by atoms with Crippen molar-refractivity contribution >= 4 is 15.9 Å². The van der Waals surface area contributed by atoms with Gasteiger partial charge in [-0.15, -0.1) is 0 Å². The molecule has 0 amide bonds. The number of ether oxygens (including phenoxy) is 2. The zero-order valence-corrected chi connectivity index (χ0v) is 12.0. The first-order chi connectivity index (χ1) is 9.19. The van der Waals surface area contributed by atoms with Crippen LogP contribution in [-0.4, -0.2) is 18.7 Å². The van der Waals surface area contributed by atoms with E-state index in [9.17, 15) is 4.39 Å². The minimum atomic E-state index is -0.502. The molecule has 0 unspecified atom stereocenters. The van der Waals surface area contributed by atoms with E-state index in [1.165, 1.54) is 12.3 Å². The van der Waals surface area contributed by atoms with Crippen LogP contribution < -0.4 is 4.74 Å². The highest BCUT2D eigenvalue weighted by atomic mass is 79.9. The number of aromatic nitrogens is 1. The monoisotopic (exact) mass is 325 g/mol. The Hall–Kier alpha value is -1.46. The third-order valence-electron chi connectivity index (χ3n) is 2.51. The van der Waals surface area contributed by atoms with Gasteiger partial charge in [-0.25, -0.2) is 9.37 Å². The number of methoxy groups -OCH3 is 1. The van der Waals surface area contributed by atoms with Gasteiger partial charge < -0.3 is 9.47 Å². The van der Waals surface area contributed by atoms with Gasteiger partial charge in [-0.2, -0.15) is 0 Å². The molecular formula is C14H13BrFNO2. The van der Waals surface area contributed by atoms with E-state index >= 15 is 0 Å². The molecule has 0 aliphatic rings. The molecule has 3 nitrogen and oxygen atoms in total. The normalized spacial score (nSPS) is 10.5. The molecule has 100 valence electrons. The zero-order chi connectivity index (χ0) is 13.7. The Bertz CT molecular complexity index is 546. The molecule has 0 bridgehead atoms. The molecule has 0 N–H and O–H groups in total. The van der Waals surface area contributed by atoms with Crippen LogP contribution in [0.3, 0.4) is 0 Å². The molecule has 0 fully saturated rings. The third kappa shape index (κ3) is 4.01. The topological polar surface area (TPSA) is 31.4 Å². The second-order valence-electron chi connectivity index (χ2n) is 3.93. The lowest BCUT2D eigenvalue weighted by Crippen LogP contribution is -1.95. The molecule has 0 aliphatic carbocycles. The maximum Gasteiger partial charge on any atom is 0.255 e. The maximum atomic E-state index is 13.5. The molecule has 2 aromatic rings. The van der Waals surface area contributed by atoms with Gasteiger partial charge in [0.25, 0.3) is 5.88 Å². The van der Waals surface area contributed by atoms with E-state index in [-0.39, 0.29) is 5.88 Å². The first-order valence-corrected chi connectivity index (χ1v) is 6.55. The van der Waals surface area contributed by atoms with Crippen LogP contribution in [0, 0.1) is 5.82 Å². The molecule has 1 heterocycles. The van der Waals surface area contributed by atoms with Crippen molar-refractivity contribution in [2.24, 2.45) is 0 Å². The van der Waals surface area contributed by atoms with Crippen molar-refractivity contribution in [3.8, 4) is 11.6 Å². The van der Waals surface area contributed by atoms with Crippen LogP contribution in [0.5, 0.6) is 11.6 Å². The molecule has 0 aliphatic heterocycles. The molecule has 0 radical (unpaired) electrons. The molecule has 1 aromatic carbocycles. The van der Waals surface area contributed by atoms with Gasteiger partial charge in [-0.3, -0.25) is 0 Å². The highest BCUT2D eigenvalue weighted by Gasteiger charge is 2.07. The number of hydrogen-bond acceptors (Lipinski definition) is 3. The lowest BCUT2D eigenvalue weighted by Gasteiger charge is -2.07. The van der Waals surface area contributed by atoms with Crippen molar-refractivity contribution in [2.75, 3.05) is 13.7 Å². The van der Waals surface area contributed by atoms with Crippen molar-refractivity contribution in [1.82, 2.24) is 4.98 Å². The van der Waals surface area contributed by atoms with Crippen molar-refractivity contribution in [1.29, 1.82) is 0 Å². The molecule has 2 rings (SSSR count). The Labute approximate surface area is 119 Å². The van der Waals surface area contributed by atoms with Gasteiger partial charge in [-0.05, 0) is 46.1 Å². The molecule has 0 atom stereocenters. The van der Waals surface area contributed by atoms with Crippen molar-refractivity contribution < 1.29 is 13.9 Å².